The number of aryl methyl sites for hydroxylation is 1. The van der Waals surface area contributed by atoms with Crippen LogP contribution in [0.1, 0.15) is 22.4 Å². The number of halogens is 1. The van der Waals surface area contributed by atoms with E-state index in [1.54, 1.807) is 12.1 Å². The molecule has 4 rings (SSSR count). The van der Waals surface area contributed by atoms with Crippen molar-refractivity contribution >= 4 is 27.9 Å². The van der Waals surface area contributed by atoms with E-state index in [9.17, 15) is 14.4 Å². The van der Waals surface area contributed by atoms with E-state index in [0.717, 1.165) is 24.8 Å². The molecule has 5 nitrogen and oxygen atoms in total. The lowest BCUT2D eigenvalue weighted by Gasteiger charge is -2.35. The van der Waals surface area contributed by atoms with Gasteiger partial charge in [0.1, 0.15) is 16.9 Å². The number of nitrogens with one attached hydrogen (secondary N) is 1. The van der Waals surface area contributed by atoms with E-state index in [1.807, 2.05) is 11.0 Å². The third-order valence-corrected chi connectivity index (χ3v) is 6.43. The third-order valence-electron chi connectivity index (χ3n) is 5.22. The van der Waals surface area contributed by atoms with E-state index in [2.05, 4.69) is 16.3 Å². The summed E-state index contributed by atoms with van der Waals surface area (Å²) >= 11 is 1.54. The molecule has 1 aromatic heterocycles. The summed E-state index contributed by atoms with van der Waals surface area (Å²) in [5, 5.41) is 13.0. The molecular formula is C20H21FN4OS. The molecule has 1 amide bonds. The van der Waals surface area contributed by atoms with Crippen molar-refractivity contribution in [1.29, 1.82) is 5.26 Å². The van der Waals surface area contributed by atoms with Gasteiger partial charge in [-0.3, -0.25) is 9.69 Å². The van der Waals surface area contributed by atoms with Crippen molar-refractivity contribution in [3.8, 4) is 6.07 Å². The van der Waals surface area contributed by atoms with E-state index in [0.29, 0.717) is 49.0 Å². The van der Waals surface area contributed by atoms with Crippen LogP contribution in [-0.4, -0.2) is 43.5 Å². The van der Waals surface area contributed by atoms with Gasteiger partial charge in [-0.2, -0.15) is 5.26 Å². The maximum atomic E-state index is 13.9. The second-order valence-electron chi connectivity index (χ2n) is 6.94. The van der Waals surface area contributed by atoms with Crippen molar-refractivity contribution < 1.29 is 9.18 Å². The molecule has 0 unspecified atom stereocenters. The summed E-state index contributed by atoms with van der Waals surface area (Å²) in [6.07, 6.45) is 3.03. The molecule has 2 heterocycles. The Morgan fingerprint density at radius 1 is 1.22 bits per heavy atom. The van der Waals surface area contributed by atoms with Crippen LogP contribution in [0.4, 0.5) is 15.1 Å². The highest BCUT2D eigenvalue weighted by Gasteiger charge is 2.25. The van der Waals surface area contributed by atoms with Gasteiger partial charge in [-0.05, 0) is 37.0 Å². The van der Waals surface area contributed by atoms with Crippen molar-refractivity contribution in [2.75, 3.05) is 42.9 Å². The second kappa shape index (κ2) is 7.67. The molecule has 7 heteroatoms. The van der Waals surface area contributed by atoms with Crippen molar-refractivity contribution in [2.24, 2.45) is 0 Å². The molecular weight excluding hydrogens is 363 g/mol. The molecule has 0 radical (unpaired) electrons. The zero-order valence-electron chi connectivity index (χ0n) is 15.0. The van der Waals surface area contributed by atoms with Crippen LogP contribution in [0.5, 0.6) is 0 Å². The molecule has 2 aliphatic rings. The summed E-state index contributed by atoms with van der Waals surface area (Å²) in [6.45, 7) is 3.07. The summed E-state index contributed by atoms with van der Waals surface area (Å²) in [6, 6.07) is 9.04. The van der Waals surface area contributed by atoms with Gasteiger partial charge in [-0.1, -0.05) is 12.1 Å². The maximum absolute atomic E-state index is 13.9. The number of anilines is 2. The molecule has 1 fully saturated rings. The van der Waals surface area contributed by atoms with Crippen LogP contribution >= 0.6 is 11.3 Å². The Morgan fingerprint density at radius 3 is 2.74 bits per heavy atom. The van der Waals surface area contributed by atoms with E-state index < -0.39 is 0 Å². The lowest BCUT2D eigenvalue weighted by Crippen LogP contribution is -2.48. The topological polar surface area (TPSA) is 59.4 Å². The monoisotopic (exact) mass is 384 g/mol. The lowest BCUT2D eigenvalue weighted by atomic mass is 10.1. The van der Waals surface area contributed by atoms with Crippen molar-refractivity contribution in [3.05, 3.63) is 46.1 Å². The quantitative estimate of drug-likeness (QED) is 0.880. The minimum atomic E-state index is -0.210. The van der Waals surface area contributed by atoms with Crippen LogP contribution in [0.15, 0.2) is 24.3 Å². The fourth-order valence-electron chi connectivity index (χ4n) is 3.83. The number of nitriles is 1. The predicted octanol–water partition coefficient (Wildman–Crippen LogP) is 3.01. The number of hydrogen-bond donors (Lipinski definition) is 1. The van der Waals surface area contributed by atoms with Crippen LogP contribution in [-0.2, 0) is 17.6 Å². The van der Waals surface area contributed by atoms with Gasteiger partial charge < -0.3 is 10.2 Å². The zero-order valence-corrected chi connectivity index (χ0v) is 15.8. The minimum Gasteiger partial charge on any atom is -0.367 e. The molecule has 0 saturated carbocycles. The average molecular weight is 384 g/mol. The van der Waals surface area contributed by atoms with Gasteiger partial charge in [-0.15, -0.1) is 11.3 Å². The summed E-state index contributed by atoms with van der Waals surface area (Å²) < 4.78 is 13.9. The number of carbonyl (C=O) groups is 1. The van der Waals surface area contributed by atoms with Crippen LogP contribution in [0.3, 0.4) is 0 Å². The van der Waals surface area contributed by atoms with E-state index >= 15 is 0 Å². The molecule has 1 N–H and O–H groups in total. The van der Waals surface area contributed by atoms with Gasteiger partial charge in [0.15, 0.2) is 0 Å². The fraction of sp³-hybridized carbons (Fsp3) is 0.400. The number of amides is 1. The van der Waals surface area contributed by atoms with E-state index in [1.165, 1.54) is 22.3 Å². The lowest BCUT2D eigenvalue weighted by molar-refractivity contribution is -0.117. The number of carbonyl (C=O) groups excluding carboxylic acids is 1. The second-order valence-corrected chi connectivity index (χ2v) is 8.04. The number of nitrogens with zero attached hydrogens (tertiary/aromatic N) is 3. The third kappa shape index (κ3) is 3.68. The number of thiophene rings is 1. The van der Waals surface area contributed by atoms with Crippen LogP contribution in [0.25, 0.3) is 0 Å². The minimum absolute atomic E-state index is 0.0919. The normalized spacial score (nSPS) is 16.8. The molecule has 1 aliphatic heterocycles. The first-order valence-electron chi connectivity index (χ1n) is 9.22. The van der Waals surface area contributed by atoms with Gasteiger partial charge in [0.2, 0.25) is 5.91 Å². The largest absolute Gasteiger partial charge is 0.367 e. The highest BCUT2D eigenvalue weighted by atomic mass is 32.1. The van der Waals surface area contributed by atoms with Gasteiger partial charge in [0.25, 0.3) is 0 Å². The molecule has 27 heavy (non-hydrogen) atoms. The van der Waals surface area contributed by atoms with Gasteiger partial charge in [-0.25, -0.2) is 4.39 Å². The average Bonchev–Trinajstić information content (AvgIpc) is 3.23. The van der Waals surface area contributed by atoms with Crippen molar-refractivity contribution in [2.45, 2.75) is 19.3 Å². The number of hydrogen-bond acceptors (Lipinski definition) is 5. The maximum Gasteiger partial charge on any atom is 0.239 e. The molecule has 1 aliphatic carbocycles. The highest BCUT2D eigenvalue weighted by Crippen LogP contribution is 2.38. The smallest absolute Gasteiger partial charge is 0.239 e. The zero-order chi connectivity index (χ0) is 18.8. The number of benzene rings is 1. The Kier molecular flexibility index (Phi) is 5.10. The Bertz CT molecular complexity index is 896. The Morgan fingerprint density at radius 2 is 2.00 bits per heavy atom. The Hall–Kier alpha value is -2.43. The molecule has 2 aromatic rings. The van der Waals surface area contributed by atoms with E-state index in [-0.39, 0.29) is 11.7 Å². The summed E-state index contributed by atoms with van der Waals surface area (Å²) in [7, 11) is 0. The van der Waals surface area contributed by atoms with Gasteiger partial charge in [0.05, 0.1) is 17.8 Å². The molecule has 0 bridgehead atoms. The molecule has 140 valence electrons. The Labute approximate surface area is 162 Å². The predicted molar refractivity (Wildman–Crippen MR) is 105 cm³/mol. The molecule has 0 atom stereocenters. The van der Waals surface area contributed by atoms with Crippen LogP contribution < -0.4 is 10.2 Å². The number of para-hydroxylation sites is 1. The highest BCUT2D eigenvalue weighted by molar-refractivity contribution is 7.16. The van der Waals surface area contributed by atoms with Gasteiger partial charge >= 0.3 is 0 Å². The SMILES string of the molecule is N#Cc1c(NC(=O)CN2CCN(c3ccccc3F)CC2)sc2c1CCC2. The summed E-state index contributed by atoms with van der Waals surface area (Å²) in [5.74, 6) is -0.302. The van der Waals surface area contributed by atoms with Crippen LogP contribution in [0.2, 0.25) is 0 Å². The van der Waals surface area contributed by atoms with Gasteiger partial charge in [0, 0.05) is 31.1 Å². The van der Waals surface area contributed by atoms with Crippen molar-refractivity contribution in [1.82, 2.24) is 4.90 Å². The first kappa shape index (κ1) is 18.0. The number of piperazine rings is 1. The number of fused-ring (bicyclic) bond motifs is 1. The van der Waals surface area contributed by atoms with E-state index in [4.69, 9.17) is 0 Å². The number of rotatable bonds is 4. The molecule has 0 spiro atoms. The standard InChI is InChI=1S/C20H21FN4OS/c21-16-5-1-2-6-17(16)25-10-8-24(9-11-25)13-19(26)23-20-15(12-22)14-4-3-7-18(14)27-20/h1-2,5-6H,3-4,7-11,13H2,(H,23,26). The summed E-state index contributed by atoms with van der Waals surface area (Å²) in [5.41, 5.74) is 2.38. The fourth-order valence-corrected chi connectivity index (χ4v) is 5.09. The van der Waals surface area contributed by atoms with Crippen molar-refractivity contribution in [3.63, 3.8) is 0 Å². The summed E-state index contributed by atoms with van der Waals surface area (Å²) in [4.78, 5) is 17.8. The molecule has 1 saturated heterocycles. The first-order valence-corrected chi connectivity index (χ1v) is 10.0. The molecule has 1 aromatic carbocycles. The van der Waals surface area contributed by atoms with Crippen LogP contribution in [0, 0.1) is 17.1 Å². The first-order chi connectivity index (χ1) is 13.2. The Balaban J connectivity index is 1.33.